The largest absolute Gasteiger partial charge is 0.449 e. The maximum absolute atomic E-state index is 12.8. The van der Waals surface area contributed by atoms with E-state index in [0.717, 1.165) is 24.6 Å². The molecular weight excluding hydrogens is 356 g/mol. The van der Waals surface area contributed by atoms with Gasteiger partial charge < -0.3 is 13.9 Å². The van der Waals surface area contributed by atoms with Gasteiger partial charge in [-0.1, -0.05) is 30.3 Å². The second-order valence-electron chi connectivity index (χ2n) is 7.09. The number of furan rings is 1. The molecule has 0 radical (unpaired) electrons. The summed E-state index contributed by atoms with van der Waals surface area (Å²) in [5.74, 6) is -0.797. The number of ether oxygens (including phenoxy) is 2. The first-order valence-corrected chi connectivity index (χ1v) is 9.45. The van der Waals surface area contributed by atoms with Crippen molar-refractivity contribution < 1.29 is 23.5 Å². The number of Topliss-reactive ketones (excluding diaryl/α,β-unsaturated/α-hetero) is 1. The Morgan fingerprint density at radius 1 is 1.11 bits per heavy atom. The predicted octanol–water partition coefficient (Wildman–Crippen LogP) is 4.50. The van der Waals surface area contributed by atoms with E-state index in [4.69, 9.17) is 13.9 Å². The van der Waals surface area contributed by atoms with Crippen molar-refractivity contribution in [1.29, 1.82) is 0 Å². The Bertz CT molecular complexity index is 1050. The SMILES string of the molecule is COCc1c(C(=O)O[C@@H](C)C(=O)c2ccc3c(c2)CCC3)oc2ccccc12. The molecule has 3 aromatic rings. The number of carbonyl (C=O) groups is 2. The molecule has 0 N–H and O–H groups in total. The number of fused-ring (bicyclic) bond motifs is 2. The van der Waals surface area contributed by atoms with E-state index in [9.17, 15) is 9.59 Å². The van der Waals surface area contributed by atoms with E-state index in [1.54, 1.807) is 20.1 Å². The highest BCUT2D eigenvalue weighted by atomic mass is 16.6. The number of ketones is 1. The maximum Gasteiger partial charge on any atom is 0.375 e. The summed E-state index contributed by atoms with van der Waals surface area (Å²) in [4.78, 5) is 25.5. The predicted molar refractivity (Wildman–Crippen MR) is 105 cm³/mol. The highest BCUT2D eigenvalue weighted by Crippen LogP contribution is 2.28. The van der Waals surface area contributed by atoms with Gasteiger partial charge in [-0.3, -0.25) is 4.79 Å². The molecule has 0 unspecified atom stereocenters. The number of benzene rings is 2. The lowest BCUT2D eigenvalue weighted by Crippen LogP contribution is -2.25. The van der Waals surface area contributed by atoms with Crippen LogP contribution in [0.2, 0.25) is 0 Å². The first-order chi connectivity index (χ1) is 13.6. The number of methoxy groups -OCH3 is 1. The first-order valence-electron chi connectivity index (χ1n) is 9.45. The number of carbonyl (C=O) groups excluding carboxylic acids is 2. The van der Waals surface area contributed by atoms with Gasteiger partial charge in [-0.15, -0.1) is 0 Å². The number of hydrogen-bond acceptors (Lipinski definition) is 5. The van der Waals surface area contributed by atoms with Gasteiger partial charge >= 0.3 is 5.97 Å². The van der Waals surface area contributed by atoms with Crippen LogP contribution in [-0.4, -0.2) is 25.0 Å². The first kappa shape index (κ1) is 18.4. The van der Waals surface area contributed by atoms with Gasteiger partial charge in [0.05, 0.1) is 6.61 Å². The van der Waals surface area contributed by atoms with E-state index in [1.807, 2.05) is 36.4 Å². The molecule has 0 amide bonds. The number of para-hydroxylation sites is 1. The summed E-state index contributed by atoms with van der Waals surface area (Å²) in [5, 5.41) is 0.800. The quantitative estimate of drug-likeness (QED) is 0.467. The molecule has 0 fully saturated rings. The van der Waals surface area contributed by atoms with E-state index in [-0.39, 0.29) is 18.2 Å². The second-order valence-corrected chi connectivity index (χ2v) is 7.09. The van der Waals surface area contributed by atoms with Crippen LogP contribution in [-0.2, 0) is 28.9 Å². The van der Waals surface area contributed by atoms with Gasteiger partial charge in [-0.25, -0.2) is 4.79 Å². The second kappa shape index (κ2) is 7.60. The zero-order valence-electron chi connectivity index (χ0n) is 16.0. The summed E-state index contributed by atoms with van der Waals surface area (Å²) in [6, 6.07) is 13.1. The lowest BCUT2D eigenvalue weighted by atomic mass is 10.0. The standard InChI is InChI=1S/C23H22O5/c1-14(21(24)17-11-10-15-6-5-7-16(15)12-17)27-23(25)22-19(13-26-2)18-8-3-4-9-20(18)28-22/h3-4,8-12,14H,5-7,13H2,1-2H3/t14-/m0/s1. The van der Waals surface area contributed by atoms with Crippen molar-refractivity contribution in [3.8, 4) is 0 Å². The van der Waals surface area contributed by atoms with Crippen LogP contribution in [0.4, 0.5) is 0 Å². The Kier molecular flexibility index (Phi) is 5.01. The molecule has 1 aromatic heterocycles. The number of aryl methyl sites for hydroxylation is 2. The van der Waals surface area contributed by atoms with Gasteiger partial charge in [0.2, 0.25) is 11.5 Å². The normalized spacial score (nSPS) is 14.1. The molecular formula is C23H22O5. The van der Waals surface area contributed by atoms with Crippen molar-refractivity contribution in [3.63, 3.8) is 0 Å². The minimum absolute atomic E-state index is 0.0802. The van der Waals surface area contributed by atoms with Crippen LogP contribution < -0.4 is 0 Å². The van der Waals surface area contributed by atoms with Crippen LogP contribution in [0.5, 0.6) is 0 Å². The van der Waals surface area contributed by atoms with Gasteiger partial charge in [-0.2, -0.15) is 0 Å². The van der Waals surface area contributed by atoms with E-state index < -0.39 is 12.1 Å². The van der Waals surface area contributed by atoms with E-state index in [2.05, 4.69) is 0 Å². The van der Waals surface area contributed by atoms with Gasteiger partial charge in [0.25, 0.3) is 0 Å². The molecule has 28 heavy (non-hydrogen) atoms. The fourth-order valence-corrected chi connectivity index (χ4v) is 3.78. The van der Waals surface area contributed by atoms with Gasteiger partial charge in [-0.05, 0) is 49.4 Å². The summed E-state index contributed by atoms with van der Waals surface area (Å²) in [5.41, 5.74) is 4.29. The van der Waals surface area contributed by atoms with Crippen LogP contribution in [0.1, 0.15) is 50.9 Å². The third-order valence-electron chi connectivity index (χ3n) is 5.21. The van der Waals surface area contributed by atoms with Crippen molar-refractivity contribution in [1.82, 2.24) is 0 Å². The van der Waals surface area contributed by atoms with Crippen molar-refractivity contribution >= 4 is 22.7 Å². The molecule has 2 aromatic carbocycles. The fraction of sp³-hybridized carbons (Fsp3) is 0.304. The van der Waals surface area contributed by atoms with Gasteiger partial charge in [0.15, 0.2) is 6.10 Å². The topological polar surface area (TPSA) is 65.7 Å². The number of rotatable bonds is 6. The summed E-state index contributed by atoms with van der Waals surface area (Å²) in [6.07, 6.45) is 2.26. The molecule has 1 aliphatic carbocycles. The molecule has 0 spiro atoms. The lowest BCUT2D eigenvalue weighted by molar-refractivity contribution is 0.0286. The van der Waals surface area contributed by atoms with Crippen LogP contribution in [0.25, 0.3) is 11.0 Å². The molecule has 0 aliphatic heterocycles. The summed E-state index contributed by atoms with van der Waals surface area (Å²) < 4.78 is 16.4. The molecule has 5 nitrogen and oxygen atoms in total. The average Bonchev–Trinajstić information content (AvgIpc) is 3.32. The van der Waals surface area contributed by atoms with Gasteiger partial charge in [0.1, 0.15) is 5.58 Å². The number of esters is 1. The monoisotopic (exact) mass is 378 g/mol. The van der Waals surface area contributed by atoms with Crippen molar-refractivity contribution in [3.05, 3.63) is 70.5 Å². The van der Waals surface area contributed by atoms with E-state index in [0.29, 0.717) is 16.7 Å². The van der Waals surface area contributed by atoms with Crippen molar-refractivity contribution in [2.75, 3.05) is 7.11 Å². The molecule has 0 saturated heterocycles. The molecule has 0 saturated carbocycles. The third-order valence-corrected chi connectivity index (χ3v) is 5.21. The summed E-state index contributed by atoms with van der Waals surface area (Å²) in [6.45, 7) is 1.81. The summed E-state index contributed by atoms with van der Waals surface area (Å²) in [7, 11) is 1.55. The van der Waals surface area contributed by atoms with Crippen LogP contribution in [0.15, 0.2) is 46.9 Å². The average molecular weight is 378 g/mol. The molecule has 0 bridgehead atoms. The lowest BCUT2D eigenvalue weighted by Gasteiger charge is -2.13. The number of hydrogen-bond donors (Lipinski definition) is 0. The minimum Gasteiger partial charge on any atom is -0.449 e. The molecule has 1 aliphatic rings. The fourth-order valence-electron chi connectivity index (χ4n) is 3.78. The zero-order chi connectivity index (χ0) is 19.7. The van der Waals surface area contributed by atoms with Crippen molar-refractivity contribution in [2.45, 2.75) is 38.9 Å². The van der Waals surface area contributed by atoms with Crippen LogP contribution >= 0.6 is 0 Å². The molecule has 144 valence electrons. The van der Waals surface area contributed by atoms with E-state index >= 15 is 0 Å². The van der Waals surface area contributed by atoms with E-state index in [1.165, 1.54) is 11.1 Å². The highest BCUT2D eigenvalue weighted by Gasteiger charge is 2.27. The minimum atomic E-state index is -0.907. The zero-order valence-corrected chi connectivity index (χ0v) is 16.0. The van der Waals surface area contributed by atoms with Crippen molar-refractivity contribution in [2.24, 2.45) is 0 Å². The molecule has 1 atom stereocenters. The third kappa shape index (κ3) is 3.34. The Hall–Kier alpha value is -2.92. The highest BCUT2D eigenvalue weighted by molar-refractivity contribution is 6.02. The van der Waals surface area contributed by atoms with Crippen LogP contribution in [0.3, 0.4) is 0 Å². The Balaban J connectivity index is 1.55. The Labute approximate surface area is 163 Å². The smallest absolute Gasteiger partial charge is 0.375 e. The van der Waals surface area contributed by atoms with Crippen LogP contribution in [0, 0.1) is 0 Å². The Morgan fingerprint density at radius 3 is 2.71 bits per heavy atom. The van der Waals surface area contributed by atoms with Gasteiger partial charge in [0, 0.05) is 23.6 Å². The summed E-state index contributed by atoms with van der Waals surface area (Å²) >= 11 is 0. The molecule has 5 heteroatoms. The Morgan fingerprint density at radius 2 is 1.89 bits per heavy atom. The molecule has 4 rings (SSSR count). The maximum atomic E-state index is 12.8. The molecule has 1 heterocycles.